The molecule has 0 bridgehead atoms. The summed E-state index contributed by atoms with van der Waals surface area (Å²) in [7, 11) is 0. The van der Waals surface area contributed by atoms with Crippen LogP contribution in [0.2, 0.25) is 0 Å². The third-order valence-corrected chi connectivity index (χ3v) is 14.8. The van der Waals surface area contributed by atoms with Gasteiger partial charge in [-0.3, -0.25) is 0 Å². The van der Waals surface area contributed by atoms with E-state index in [1.807, 2.05) is 0 Å². The molecule has 0 radical (unpaired) electrons. The standard InChI is InChI=1S/C32H56/c1-10-21(2)23-14-16-29(6)19-20-31(8)24(27(23)29)11-12-26-30(7)17-13-22(3)28(4,5)25(30)15-18-32(26,31)9/h21-27H,10-20H2,1-9H3. The molecule has 184 valence electrons. The molecule has 0 aromatic heterocycles. The van der Waals surface area contributed by atoms with E-state index in [2.05, 4.69) is 62.3 Å². The molecule has 0 heterocycles. The second-order valence-electron chi connectivity index (χ2n) is 15.7. The van der Waals surface area contributed by atoms with Gasteiger partial charge in [0.2, 0.25) is 0 Å². The van der Waals surface area contributed by atoms with Crippen molar-refractivity contribution in [1.29, 1.82) is 0 Å². The van der Waals surface area contributed by atoms with Crippen molar-refractivity contribution in [3.63, 3.8) is 0 Å². The molecule has 0 N–H and O–H groups in total. The Morgan fingerprint density at radius 1 is 0.719 bits per heavy atom. The Hall–Kier alpha value is 0. The van der Waals surface area contributed by atoms with Crippen molar-refractivity contribution in [3.8, 4) is 0 Å². The Kier molecular flexibility index (Phi) is 5.38. The Labute approximate surface area is 201 Å². The van der Waals surface area contributed by atoms with E-state index in [-0.39, 0.29) is 0 Å². The molecular weight excluding hydrogens is 384 g/mol. The summed E-state index contributed by atoms with van der Waals surface area (Å²) in [4.78, 5) is 0. The van der Waals surface area contributed by atoms with Gasteiger partial charge in [0.25, 0.3) is 0 Å². The van der Waals surface area contributed by atoms with Crippen LogP contribution in [0.4, 0.5) is 0 Å². The predicted octanol–water partition coefficient (Wildman–Crippen LogP) is 9.77. The maximum atomic E-state index is 2.83. The van der Waals surface area contributed by atoms with Crippen LogP contribution in [-0.2, 0) is 0 Å². The number of hydrogen-bond acceptors (Lipinski definition) is 0. The molecular formula is C32H56. The quantitative estimate of drug-likeness (QED) is 0.401. The highest BCUT2D eigenvalue weighted by molar-refractivity contribution is 5.18. The monoisotopic (exact) mass is 440 g/mol. The third kappa shape index (κ3) is 2.80. The van der Waals surface area contributed by atoms with Gasteiger partial charge in [0, 0.05) is 0 Å². The first kappa shape index (κ1) is 23.7. The fourth-order valence-electron chi connectivity index (χ4n) is 12.1. The van der Waals surface area contributed by atoms with Gasteiger partial charge in [0.1, 0.15) is 0 Å². The molecule has 0 heteroatoms. The van der Waals surface area contributed by atoms with Gasteiger partial charge in [-0.2, -0.15) is 0 Å². The van der Waals surface area contributed by atoms with Gasteiger partial charge in [0.15, 0.2) is 0 Å². The fraction of sp³-hybridized carbons (Fsp3) is 1.00. The summed E-state index contributed by atoms with van der Waals surface area (Å²) in [6.07, 6.45) is 16.5. The van der Waals surface area contributed by atoms with Crippen LogP contribution >= 0.6 is 0 Å². The van der Waals surface area contributed by atoms with E-state index in [0.717, 1.165) is 41.4 Å². The molecule has 0 saturated heterocycles. The van der Waals surface area contributed by atoms with Crippen molar-refractivity contribution in [2.45, 2.75) is 133 Å². The second-order valence-corrected chi connectivity index (χ2v) is 15.7. The van der Waals surface area contributed by atoms with Gasteiger partial charge in [-0.1, -0.05) is 68.7 Å². The number of fused-ring (bicyclic) bond motifs is 7. The Balaban J connectivity index is 1.53. The van der Waals surface area contributed by atoms with Crippen LogP contribution < -0.4 is 0 Å². The van der Waals surface area contributed by atoms with E-state index in [1.54, 1.807) is 6.42 Å². The average Bonchev–Trinajstić information content (AvgIpc) is 3.09. The smallest absolute Gasteiger partial charge is 0.0235 e. The van der Waals surface area contributed by atoms with Crippen molar-refractivity contribution >= 4 is 0 Å². The molecule has 5 saturated carbocycles. The second kappa shape index (κ2) is 7.26. The molecule has 0 aliphatic heterocycles. The summed E-state index contributed by atoms with van der Waals surface area (Å²) in [5, 5.41) is 0. The zero-order valence-corrected chi connectivity index (χ0v) is 23.3. The highest BCUT2D eigenvalue weighted by Crippen LogP contribution is 2.77. The minimum Gasteiger partial charge on any atom is -0.0651 e. The summed E-state index contributed by atoms with van der Waals surface area (Å²) in [6.45, 7) is 24.0. The largest absolute Gasteiger partial charge is 0.0651 e. The van der Waals surface area contributed by atoms with E-state index < -0.39 is 0 Å². The molecule has 5 aliphatic carbocycles. The Bertz CT molecular complexity index is 734. The maximum Gasteiger partial charge on any atom is -0.0235 e. The highest BCUT2D eigenvalue weighted by Gasteiger charge is 2.70. The molecule has 5 aliphatic rings. The van der Waals surface area contributed by atoms with E-state index in [1.165, 1.54) is 64.2 Å². The lowest BCUT2D eigenvalue weighted by molar-refractivity contribution is -0.242. The first-order chi connectivity index (χ1) is 14.8. The average molecular weight is 441 g/mol. The van der Waals surface area contributed by atoms with E-state index in [9.17, 15) is 0 Å². The molecule has 5 rings (SSSR count). The van der Waals surface area contributed by atoms with Crippen LogP contribution in [0.25, 0.3) is 0 Å². The van der Waals surface area contributed by atoms with Gasteiger partial charge in [-0.05, 0) is 133 Å². The van der Waals surface area contributed by atoms with Crippen LogP contribution in [0.3, 0.4) is 0 Å². The molecule has 5 fully saturated rings. The van der Waals surface area contributed by atoms with Crippen molar-refractivity contribution < 1.29 is 0 Å². The minimum atomic E-state index is 0.518. The predicted molar refractivity (Wildman–Crippen MR) is 138 cm³/mol. The van der Waals surface area contributed by atoms with Crippen LogP contribution in [0.5, 0.6) is 0 Å². The zero-order valence-electron chi connectivity index (χ0n) is 23.3. The highest BCUT2D eigenvalue weighted by atomic mass is 14.7. The van der Waals surface area contributed by atoms with E-state index >= 15 is 0 Å². The summed E-state index contributed by atoms with van der Waals surface area (Å²) in [5.74, 6) is 6.68. The molecule has 0 amide bonds. The number of rotatable bonds is 2. The number of hydrogen-bond donors (Lipinski definition) is 0. The Morgan fingerprint density at radius 2 is 1.44 bits per heavy atom. The lowest BCUT2D eigenvalue weighted by Gasteiger charge is -2.73. The van der Waals surface area contributed by atoms with Gasteiger partial charge < -0.3 is 0 Å². The molecule has 0 nitrogen and oxygen atoms in total. The van der Waals surface area contributed by atoms with Gasteiger partial charge in [-0.25, -0.2) is 0 Å². The van der Waals surface area contributed by atoms with Crippen molar-refractivity contribution in [1.82, 2.24) is 0 Å². The topological polar surface area (TPSA) is 0 Å². The zero-order chi connectivity index (χ0) is 23.3. The van der Waals surface area contributed by atoms with Crippen molar-refractivity contribution in [2.24, 2.45) is 68.5 Å². The van der Waals surface area contributed by atoms with E-state index in [0.29, 0.717) is 27.1 Å². The molecule has 32 heavy (non-hydrogen) atoms. The molecule has 11 unspecified atom stereocenters. The van der Waals surface area contributed by atoms with Crippen LogP contribution in [0, 0.1) is 68.5 Å². The first-order valence-electron chi connectivity index (χ1n) is 14.8. The molecule has 0 spiro atoms. The van der Waals surface area contributed by atoms with Gasteiger partial charge >= 0.3 is 0 Å². The van der Waals surface area contributed by atoms with E-state index in [4.69, 9.17) is 0 Å². The maximum absolute atomic E-state index is 2.83. The van der Waals surface area contributed by atoms with Crippen molar-refractivity contribution in [2.75, 3.05) is 0 Å². The third-order valence-electron chi connectivity index (χ3n) is 14.8. The lowest BCUT2D eigenvalue weighted by Crippen LogP contribution is -2.66. The van der Waals surface area contributed by atoms with Crippen LogP contribution in [0.1, 0.15) is 133 Å². The normalized spacial score (nSPS) is 57.7. The minimum absolute atomic E-state index is 0.518. The lowest BCUT2D eigenvalue weighted by atomic mass is 9.32. The Morgan fingerprint density at radius 3 is 2.12 bits per heavy atom. The first-order valence-corrected chi connectivity index (χ1v) is 14.8. The molecule has 0 aromatic carbocycles. The SMILES string of the molecule is CCC(C)C1CCC2(C)CCC3(C)C(CCC4C5(C)CCC(C)C(C)(C)C5CCC43C)C12. The summed E-state index contributed by atoms with van der Waals surface area (Å²) >= 11 is 0. The summed E-state index contributed by atoms with van der Waals surface area (Å²) < 4.78 is 0. The van der Waals surface area contributed by atoms with Crippen LogP contribution in [-0.4, -0.2) is 0 Å². The summed E-state index contributed by atoms with van der Waals surface area (Å²) in [6, 6.07) is 0. The van der Waals surface area contributed by atoms with Crippen LogP contribution in [0.15, 0.2) is 0 Å². The summed E-state index contributed by atoms with van der Waals surface area (Å²) in [5.41, 5.74) is 2.86. The van der Waals surface area contributed by atoms with Gasteiger partial charge in [-0.15, -0.1) is 0 Å². The molecule has 11 atom stereocenters. The molecule has 0 aromatic rings. The fourth-order valence-corrected chi connectivity index (χ4v) is 12.1. The van der Waals surface area contributed by atoms with Crippen molar-refractivity contribution in [3.05, 3.63) is 0 Å². The van der Waals surface area contributed by atoms with Gasteiger partial charge in [0.05, 0.1) is 0 Å².